The highest BCUT2D eigenvalue weighted by Gasteiger charge is 2.35. The summed E-state index contributed by atoms with van der Waals surface area (Å²) in [6.45, 7) is 2.08. The van der Waals surface area contributed by atoms with E-state index in [0.717, 1.165) is 17.9 Å². The smallest absolute Gasteiger partial charge is 0.283 e. The van der Waals surface area contributed by atoms with Crippen molar-refractivity contribution in [2.75, 3.05) is 0 Å². The number of hydrogen-bond donors (Lipinski definition) is 1. The van der Waals surface area contributed by atoms with E-state index < -0.39 is 5.91 Å². The number of carbonyl (C=O) groups excluding carboxylic acids is 1. The largest absolute Gasteiger partial charge is 0.487 e. The average Bonchev–Trinajstić information content (AvgIpc) is 3.14. The lowest BCUT2D eigenvalue weighted by molar-refractivity contribution is -0.114. The number of amidine groups is 2. The van der Waals surface area contributed by atoms with Crippen molar-refractivity contribution >= 4 is 51.4 Å². The predicted octanol–water partition coefficient (Wildman–Crippen LogP) is 5.48. The summed E-state index contributed by atoms with van der Waals surface area (Å²) < 4.78 is 19.4. The summed E-state index contributed by atoms with van der Waals surface area (Å²) in [7, 11) is 0. The number of thioether (sulfide) groups is 1. The van der Waals surface area contributed by atoms with Crippen molar-refractivity contribution in [2.45, 2.75) is 26.4 Å². The summed E-state index contributed by atoms with van der Waals surface area (Å²) in [5, 5.41) is 15.7. The molecule has 0 bridgehead atoms. The third-order valence-electron chi connectivity index (χ3n) is 4.57. The SMILES string of the molecule is CCCC1=NN2C(=N)/C(=C/c3ccc(OCc4ccccc4F)c(Cl)c3)C(=O)N=C2S1. The highest BCUT2D eigenvalue weighted by Crippen LogP contribution is 2.31. The molecule has 0 saturated heterocycles. The number of nitrogens with one attached hydrogen (secondary N) is 1. The average molecular weight is 457 g/mol. The maximum absolute atomic E-state index is 13.8. The molecule has 4 rings (SSSR count). The van der Waals surface area contributed by atoms with Gasteiger partial charge in [0.25, 0.3) is 5.91 Å². The Morgan fingerprint density at radius 1 is 1.29 bits per heavy atom. The van der Waals surface area contributed by atoms with E-state index in [1.165, 1.54) is 22.8 Å². The molecule has 0 unspecified atom stereocenters. The van der Waals surface area contributed by atoms with Gasteiger partial charge in [-0.25, -0.2) is 4.39 Å². The van der Waals surface area contributed by atoms with E-state index >= 15 is 0 Å². The van der Waals surface area contributed by atoms with Crippen molar-refractivity contribution in [3.8, 4) is 5.75 Å². The molecule has 158 valence electrons. The lowest BCUT2D eigenvalue weighted by Gasteiger charge is -2.20. The zero-order valence-electron chi connectivity index (χ0n) is 16.6. The molecule has 0 atom stereocenters. The Morgan fingerprint density at radius 2 is 2.10 bits per heavy atom. The lowest BCUT2D eigenvalue weighted by Crippen LogP contribution is -2.35. The number of amides is 1. The van der Waals surface area contributed by atoms with E-state index in [0.29, 0.717) is 27.1 Å². The van der Waals surface area contributed by atoms with Crippen molar-refractivity contribution in [3.05, 3.63) is 70.0 Å². The minimum absolute atomic E-state index is 0.0235. The van der Waals surface area contributed by atoms with Crippen LogP contribution in [0.2, 0.25) is 5.02 Å². The van der Waals surface area contributed by atoms with Gasteiger partial charge in [0.15, 0.2) is 5.84 Å². The van der Waals surface area contributed by atoms with Gasteiger partial charge in [0.05, 0.1) is 10.6 Å². The number of fused-ring (bicyclic) bond motifs is 1. The number of benzene rings is 2. The molecule has 9 heteroatoms. The molecule has 2 aliphatic heterocycles. The van der Waals surface area contributed by atoms with Crippen molar-refractivity contribution in [3.63, 3.8) is 0 Å². The van der Waals surface area contributed by atoms with Crippen LogP contribution in [0.4, 0.5) is 4.39 Å². The normalized spacial score (nSPS) is 17.0. The van der Waals surface area contributed by atoms with Crippen LogP contribution in [0.15, 0.2) is 58.1 Å². The Hall–Kier alpha value is -2.97. The molecule has 0 fully saturated rings. The summed E-state index contributed by atoms with van der Waals surface area (Å²) in [6, 6.07) is 11.3. The summed E-state index contributed by atoms with van der Waals surface area (Å²) in [5.41, 5.74) is 1.16. The number of rotatable bonds is 6. The van der Waals surface area contributed by atoms with Crippen molar-refractivity contribution in [2.24, 2.45) is 10.1 Å². The van der Waals surface area contributed by atoms with Gasteiger partial charge in [0.1, 0.15) is 23.2 Å². The van der Waals surface area contributed by atoms with Crippen LogP contribution in [0.3, 0.4) is 0 Å². The fourth-order valence-corrected chi connectivity index (χ4v) is 4.24. The van der Waals surface area contributed by atoms with Crippen molar-refractivity contribution in [1.82, 2.24) is 5.01 Å². The predicted molar refractivity (Wildman–Crippen MR) is 122 cm³/mol. The van der Waals surface area contributed by atoms with Crippen LogP contribution >= 0.6 is 23.4 Å². The van der Waals surface area contributed by atoms with Crippen molar-refractivity contribution in [1.29, 1.82) is 5.41 Å². The molecule has 2 aliphatic rings. The Kier molecular flexibility index (Phi) is 6.20. The van der Waals surface area contributed by atoms with Gasteiger partial charge in [0.2, 0.25) is 5.17 Å². The molecular formula is C22H18ClFN4O2S. The molecule has 2 aromatic rings. The highest BCUT2D eigenvalue weighted by molar-refractivity contribution is 8.26. The Morgan fingerprint density at radius 3 is 2.84 bits per heavy atom. The first-order valence-electron chi connectivity index (χ1n) is 9.61. The van der Waals surface area contributed by atoms with E-state index in [1.54, 1.807) is 42.5 Å². The fourth-order valence-electron chi connectivity index (χ4n) is 3.01. The van der Waals surface area contributed by atoms with Gasteiger partial charge in [-0.15, -0.1) is 0 Å². The molecule has 0 spiro atoms. The van der Waals surface area contributed by atoms with Gasteiger partial charge >= 0.3 is 0 Å². The Bertz CT molecular complexity index is 1160. The first kappa shape index (κ1) is 21.3. The second kappa shape index (κ2) is 9.03. The number of carbonyl (C=O) groups is 1. The quantitative estimate of drug-likeness (QED) is 0.584. The topological polar surface area (TPSA) is 78.1 Å². The number of aliphatic imine (C=N–C) groups is 1. The molecule has 0 saturated carbocycles. The van der Waals surface area contributed by atoms with Gasteiger partial charge < -0.3 is 4.74 Å². The van der Waals surface area contributed by atoms with Crippen molar-refractivity contribution < 1.29 is 13.9 Å². The van der Waals surface area contributed by atoms with Crippen LogP contribution in [0, 0.1) is 11.2 Å². The second-order valence-electron chi connectivity index (χ2n) is 6.83. The zero-order valence-corrected chi connectivity index (χ0v) is 18.1. The third kappa shape index (κ3) is 4.55. The molecule has 0 aromatic heterocycles. The number of hydrazone groups is 1. The van der Waals surface area contributed by atoms with E-state index in [4.69, 9.17) is 21.7 Å². The standard InChI is InChI=1S/C22H18ClFN4O2S/c1-2-5-19-27-28-20(25)15(21(29)26-22(28)31-19)10-13-8-9-18(16(23)11-13)30-12-14-6-3-4-7-17(14)24/h3-4,6-11,25H,2,5,12H2,1H3/b15-10-,25-20?. The maximum Gasteiger partial charge on any atom is 0.283 e. The zero-order chi connectivity index (χ0) is 22.0. The molecule has 0 aliphatic carbocycles. The molecule has 2 aromatic carbocycles. The molecule has 2 heterocycles. The fraction of sp³-hybridized carbons (Fsp3) is 0.182. The summed E-state index contributed by atoms with van der Waals surface area (Å²) in [6.07, 6.45) is 3.24. The second-order valence-corrected chi connectivity index (χ2v) is 8.28. The monoisotopic (exact) mass is 456 g/mol. The van der Waals surface area contributed by atoms with Gasteiger partial charge in [0, 0.05) is 5.56 Å². The van der Waals surface area contributed by atoms with Crippen LogP contribution in [0.5, 0.6) is 5.75 Å². The van der Waals surface area contributed by atoms with E-state index in [9.17, 15) is 9.18 Å². The van der Waals surface area contributed by atoms with E-state index in [2.05, 4.69) is 10.1 Å². The molecule has 0 radical (unpaired) electrons. The first-order valence-corrected chi connectivity index (χ1v) is 10.8. The molecule has 1 amide bonds. The molecule has 6 nitrogen and oxygen atoms in total. The highest BCUT2D eigenvalue weighted by atomic mass is 35.5. The van der Waals surface area contributed by atoms with Gasteiger partial charge in [-0.3, -0.25) is 10.2 Å². The minimum atomic E-state index is -0.493. The summed E-state index contributed by atoms with van der Waals surface area (Å²) in [5.74, 6) is -0.474. The first-order chi connectivity index (χ1) is 15.0. The van der Waals surface area contributed by atoms with Crippen LogP contribution in [0.1, 0.15) is 30.9 Å². The van der Waals surface area contributed by atoms with Crippen LogP contribution in [-0.2, 0) is 11.4 Å². The molecule has 1 N–H and O–H groups in total. The van der Waals surface area contributed by atoms with E-state index in [1.807, 2.05) is 6.92 Å². The lowest BCUT2D eigenvalue weighted by atomic mass is 10.1. The van der Waals surface area contributed by atoms with Gasteiger partial charge in [-0.1, -0.05) is 42.8 Å². The molecular weight excluding hydrogens is 439 g/mol. The Labute approximate surface area is 188 Å². The molecule has 31 heavy (non-hydrogen) atoms. The number of halogens is 2. The summed E-state index contributed by atoms with van der Waals surface area (Å²) >= 11 is 7.64. The third-order valence-corrected chi connectivity index (χ3v) is 5.83. The summed E-state index contributed by atoms with van der Waals surface area (Å²) in [4.78, 5) is 16.5. The van der Waals surface area contributed by atoms with Crippen LogP contribution in [-0.4, -0.2) is 27.0 Å². The maximum atomic E-state index is 13.8. The van der Waals surface area contributed by atoms with Gasteiger partial charge in [-0.05, 0) is 54.4 Å². The minimum Gasteiger partial charge on any atom is -0.487 e. The van der Waals surface area contributed by atoms with Crippen LogP contribution < -0.4 is 4.74 Å². The Balaban J connectivity index is 1.52. The van der Waals surface area contributed by atoms with Gasteiger partial charge in [-0.2, -0.15) is 15.1 Å². The van der Waals surface area contributed by atoms with Crippen LogP contribution in [0.25, 0.3) is 6.08 Å². The number of hydrogen-bond acceptors (Lipinski definition) is 5. The van der Waals surface area contributed by atoms with E-state index in [-0.39, 0.29) is 23.8 Å². The number of ether oxygens (including phenoxy) is 1. The number of nitrogens with zero attached hydrogens (tertiary/aromatic N) is 3.